The van der Waals surface area contributed by atoms with Crippen molar-refractivity contribution in [3.63, 3.8) is 0 Å². The fourth-order valence-corrected chi connectivity index (χ4v) is 2.63. The fourth-order valence-electron chi connectivity index (χ4n) is 2.63. The van der Waals surface area contributed by atoms with Crippen LogP contribution in [0.3, 0.4) is 0 Å². The van der Waals surface area contributed by atoms with Crippen molar-refractivity contribution in [3.8, 4) is 5.75 Å². The number of hydrogen-bond acceptors (Lipinski definition) is 3. The zero-order valence-corrected chi connectivity index (χ0v) is 11.5. The largest absolute Gasteiger partial charge is 0.497 e. The van der Waals surface area contributed by atoms with Crippen LogP contribution in [0.4, 0.5) is 5.69 Å². The Morgan fingerprint density at radius 2 is 2.28 bits per heavy atom. The molecule has 1 aliphatic heterocycles. The summed E-state index contributed by atoms with van der Waals surface area (Å²) < 4.78 is 5.22. The van der Waals surface area contributed by atoms with Crippen molar-refractivity contribution in [2.45, 2.75) is 31.7 Å². The normalized spacial score (nSPS) is 20.7. The predicted octanol–water partition coefficient (Wildman–Crippen LogP) is 2.98. The van der Waals surface area contributed by atoms with Crippen LogP contribution in [0.1, 0.15) is 25.7 Å². The molecule has 1 unspecified atom stereocenters. The highest BCUT2D eigenvalue weighted by atomic mass is 16.5. The molecule has 1 aromatic carbocycles. The second kappa shape index (κ2) is 6.64. The molecule has 0 spiro atoms. The number of likely N-dealkylation sites (tertiary alicyclic amines) is 1. The lowest BCUT2D eigenvalue weighted by molar-refractivity contribution is 0.179. The van der Waals surface area contributed by atoms with Crippen LogP contribution in [-0.4, -0.2) is 38.2 Å². The molecule has 0 bridgehead atoms. The number of benzene rings is 1. The SMILES string of the molecule is COc1cccc(NCCC2CCCCN2C)c1. The Morgan fingerprint density at radius 1 is 1.39 bits per heavy atom. The van der Waals surface area contributed by atoms with Gasteiger partial charge in [0.05, 0.1) is 7.11 Å². The second-order valence-electron chi connectivity index (χ2n) is 5.08. The molecule has 0 amide bonds. The summed E-state index contributed by atoms with van der Waals surface area (Å²) in [6.45, 7) is 2.28. The van der Waals surface area contributed by atoms with Gasteiger partial charge in [-0.3, -0.25) is 0 Å². The Bertz CT molecular complexity index is 367. The van der Waals surface area contributed by atoms with Gasteiger partial charge in [0, 0.05) is 24.3 Å². The molecular weight excluding hydrogens is 224 g/mol. The number of ether oxygens (including phenoxy) is 1. The number of nitrogens with zero attached hydrogens (tertiary/aromatic N) is 1. The Morgan fingerprint density at radius 3 is 3.06 bits per heavy atom. The molecule has 0 aromatic heterocycles. The minimum Gasteiger partial charge on any atom is -0.497 e. The fraction of sp³-hybridized carbons (Fsp3) is 0.600. The van der Waals surface area contributed by atoms with E-state index >= 15 is 0 Å². The van der Waals surface area contributed by atoms with Gasteiger partial charge in [0.25, 0.3) is 0 Å². The number of anilines is 1. The molecule has 3 heteroatoms. The van der Waals surface area contributed by atoms with E-state index in [0.717, 1.165) is 24.0 Å². The average molecular weight is 248 g/mol. The zero-order chi connectivity index (χ0) is 12.8. The van der Waals surface area contributed by atoms with Crippen molar-refractivity contribution in [2.24, 2.45) is 0 Å². The Balaban J connectivity index is 1.77. The standard InChI is InChI=1S/C15H24N2O/c1-17-11-4-3-7-14(17)9-10-16-13-6-5-8-15(12-13)18-2/h5-6,8,12,14,16H,3-4,7,9-11H2,1-2H3. The first-order chi connectivity index (χ1) is 8.79. The van der Waals surface area contributed by atoms with Crippen LogP contribution in [0.2, 0.25) is 0 Å². The van der Waals surface area contributed by atoms with Gasteiger partial charge in [-0.05, 0) is 45.0 Å². The van der Waals surface area contributed by atoms with Gasteiger partial charge in [-0.15, -0.1) is 0 Å². The molecule has 1 saturated heterocycles. The molecule has 1 N–H and O–H groups in total. The molecule has 2 rings (SSSR count). The van der Waals surface area contributed by atoms with E-state index in [4.69, 9.17) is 4.74 Å². The first kappa shape index (κ1) is 13.2. The summed E-state index contributed by atoms with van der Waals surface area (Å²) in [5, 5.41) is 3.48. The van der Waals surface area contributed by atoms with Crippen LogP contribution >= 0.6 is 0 Å². The smallest absolute Gasteiger partial charge is 0.120 e. The van der Waals surface area contributed by atoms with Gasteiger partial charge in [0.1, 0.15) is 5.75 Å². The van der Waals surface area contributed by atoms with Crippen LogP contribution < -0.4 is 10.1 Å². The molecular formula is C15H24N2O. The number of rotatable bonds is 5. The summed E-state index contributed by atoms with van der Waals surface area (Å²) in [5.41, 5.74) is 1.15. The van der Waals surface area contributed by atoms with Crippen LogP contribution in [0.25, 0.3) is 0 Å². The van der Waals surface area contributed by atoms with Crippen molar-refractivity contribution >= 4 is 5.69 Å². The number of hydrogen-bond donors (Lipinski definition) is 1. The van der Waals surface area contributed by atoms with E-state index in [1.165, 1.54) is 32.2 Å². The predicted molar refractivity (Wildman–Crippen MR) is 76.4 cm³/mol. The Hall–Kier alpha value is -1.22. The van der Waals surface area contributed by atoms with Crippen molar-refractivity contribution < 1.29 is 4.74 Å². The highest BCUT2D eigenvalue weighted by Crippen LogP contribution is 2.19. The van der Waals surface area contributed by atoms with Crippen molar-refractivity contribution in [2.75, 3.05) is 32.6 Å². The van der Waals surface area contributed by atoms with E-state index in [2.05, 4.69) is 23.3 Å². The third-order valence-corrected chi connectivity index (χ3v) is 3.80. The van der Waals surface area contributed by atoms with Gasteiger partial charge in [-0.25, -0.2) is 0 Å². The summed E-state index contributed by atoms with van der Waals surface area (Å²) in [7, 11) is 3.95. The van der Waals surface area contributed by atoms with E-state index < -0.39 is 0 Å². The van der Waals surface area contributed by atoms with Gasteiger partial charge < -0.3 is 15.0 Å². The van der Waals surface area contributed by atoms with Crippen molar-refractivity contribution in [1.82, 2.24) is 4.90 Å². The quantitative estimate of drug-likeness (QED) is 0.867. The highest BCUT2D eigenvalue weighted by Gasteiger charge is 2.17. The molecule has 18 heavy (non-hydrogen) atoms. The molecule has 3 nitrogen and oxygen atoms in total. The number of piperidine rings is 1. The van der Waals surface area contributed by atoms with E-state index in [0.29, 0.717) is 0 Å². The van der Waals surface area contributed by atoms with Crippen LogP contribution in [0.5, 0.6) is 5.75 Å². The average Bonchev–Trinajstić information content (AvgIpc) is 2.41. The first-order valence-electron chi connectivity index (χ1n) is 6.88. The van der Waals surface area contributed by atoms with Crippen LogP contribution in [0.15, 0.2) is 24.3 Å². The minimum atomic E-state index is 0.747. The minimum absolute atomic E-state index is 0.747. The molecule has 0 saturated carbocycles. The van der Waals surface area contributed by atoms with E-state index in [9.17, 15) is 0 Å². The van der Waals surface area contributed by atoms with Crippen LogP contribution in [-0.2, 0) is 0 Å². The van der Waals surface area contributed by atoms with Crippen LogP contribution in [0, 0.1) is 0 Å². The summed E-state index contributed by atoms with van der Waals surface area (Å²) in [6, 6.07) is 8.88. The maximum Gasteiger partial charge on any atom is 0.120 e. The van der Waals surface area contributed by atoms with E-state index in [1.54, 1.807) is 7.11 Å². The van der Waals surface area contributed by atoms with Crippen molar-refractivity contribution in [3.05, 3.63) is 24.3 Å². The van der Waals surface area contributed by atoms with Gasteiger partial charge in [-0.1, -0.05) is 12.5 Å². The molecule has 0 radical (unpaired) electrons. The molecule has 1 fully saturated rings. The van der Waals surface area contributed by atoms with Gasteiger partial charge in [0.15, 0.2) is 0 Å². The topological polar surface area (TPSA) is 24.5 Å². The molecule has 1 atom stereocenters. The summed E-state index contributed by atoms with van der Waals surface area (Å²) in [4.78, 5) is 2.50. The molecule has 100 valence electrons. The lowest BCUT2D eigenvalue weighted by Gasteiger charge is -2.32. The van der Waals surface area contributed by atoms with Gasteiger partial charge in [0.2, 0.25) is 0 Å². The zero-order valence-electron chi connectivity index (χ0n) is 11.5. The monoisotopic (exact) mass is 248 g/mol. The summed E-state index contributed by atoms with van der Waals surface area (Å²) in [5.74, 6) is 0.912. The summed E-state index contributed by atoms with van der Waals surface area (Å²) in [6.07, 6.45) is 5.30. The molecule has 1 aromatic rings. The maximum absolute atomic E-state index is 5.22. The Labute approximate surface area is 110 Å². The number of methoxy groups -OCH3 is 1. The highest BCUT2D eigenvalue weighted by molar-refractivity contribution is 5.48. The Kier molecular flexibility index (Phi) is 4.88. The first-order valence-corrected chi connectivity index (χ1v) is 6.88. The third kappa shape index (κ3) is 3.64. The van der Waals surface area contributed by atoms with E-state index in [-0.39, 0.29) is 0 Å². The van der Waals surface area contributed by atoms with Gasteiger partial charge in [-0.2, -0.15) is 0 Å². The number of nitrogens with one attached hydrogen (secondary N) is 1. The maximum atomic E-state index is 5.22. The van der Waals surface area contributed by atoms with Crippen molar-refractivity contribution in [1.29, 1.82) is 0 Å². The summed E-state index contributed by atoms with van der Waals surface area (Å²) >= 11 is 0. The molecule has 1 heterocycles. The molecule has 1 aliphatic rings. The van der Waals surface area contributed by atoms with Gasteiger partial charge >= 0.3 is 0 Å². The second-order valence-corrected chi connectivity index (χ2v) is 5.08. The lowest BCUT2D eigenvalue weighted by Crippen LogP contribution is -2.37. The third-order valence-electron chi connectivity index (χ3n) is 3.80. The van der Waals surface area contributed by atoms with E-state index in [1.807, 2.05) is 18.2 Å². The molecule has 0 aliphatic carbocycles. The lowest BCUT2D eigenvalue weighted by atomic mass is 10.0.